The molecule has 0 fully saturated rings. The zero-order valence-electron chi connectivity index (χ0n) is 13.4. The van der Waals surface area contributed by atoms with E-state index >= 15 is 0 Å². The van der Waals surface area contributed by atoms with Crippen LogP contribution in [-0.4, -0.2) is 41.5 Å². The summed E-state index contributed by atoms with van der Waals surface area (Å²) in [6, 6.07) is -0.383. The number of ether oxygens (including phenoxy) is 1. The Morgan fingerprint density at radius 2 is 2.09 bits per heavy atom. The van der Waals surface area contributed by atoms with Crippen LogP contribution in [-0.2, 0) is 19.1 Å². The number of hydrogen-bond acceptors (Lipinski definition) is 4. The topological polar surface area (TPSA) is 92.7 Å². The summed E-state index contributed by atoms with van der Waals surface area (Å²) in [5, 5.41) is 12.1. The molecule has 0 saturated carbocycles. The van der Waals surface area contributed by atoms with Crippen LogP contribution in [0.5, 0.6) is 0 Å². The highest BCUT2D eigenvalue weighted by Gasteiger charge is 2.37. The number of carboxylic acids is 1. The maximum Gasteiger partial charge on any atom is 0.331 e. The molecule has 1 amide bonds. The van der Waals surface area contributed by atoms with Gasteiger partial charge in [-0.2, -0.15) is 0 Å². The van der Waals surface area contributed by atoms with E-state index in [-0.39, 0.29) is 42.4 Å². The lowest BCUT2D eigenvalue weighted by atomic mass is 9.80. The summed E-state index contributed by atoms with van der Waals surface area (Å²) in [4.78, 5) is 33.7. The second-order valence-electron chi connectivity index (χ2n) is 5.63. The van der Waals surface area contributed by atoms with E-state index in [1.54, 1.807) is 6.08 Å². The van der Waals surface area contributed by atoms with Crippen LogP contribution in [0.1, 0.15) is 46.5 Å². The van der Waals surface area contributed by atoms with Gasteiger partial charge in [-0.15, -0.1) is 0 Å². The average molecular weight is 311 g/mol. The lowest BCUT2D eigenvalue weighted by Gasteiger charge is -2.37. The molecule has 0 saturated heterocycles. The minimum absolute atomic E-state index is 0.0115. The number of carbonyl (C=O) groups excluding carboxylic acids is 2. The van der Waals surface area contributed by atoms with E-state index in [1.807, 2.05) is 13.8 Å². The molecule has 0 radical (unpaired) electrons. The predicted octanol–water partition coefficient (Wildman–Crippen LogP) is 1.68. The van der Waals surface area contributed by atoms with E-state index in [0.717, 1.165) is 19.1 Å². The molecule has 0 aromatic carbocycles. The molecule has 0 aliphatic heterocycles. The fourth-order valence-electron chi connectivity index (χ4n) is 2.82. The van der Waals surface area contributed by atoms with Gasteiger partial charge in [-0.25, -0.2) is 4.79 Å². The summed E-state index contributed by atoms with van der Waals surface area (Å²) >= 11 is 0. The van der Waals surface area contributed by atoms with E-state index in [4.69, 9.17) is 4.74 Å². The van der Waals surface area contributed by atoms with Crippen LogP contribution in [0.4, 0.5) is 0 Å². The van der Waals surface area contributed by atoms with Crippen LogP contribution < -0.4 is 5.32 Å². The molecular weight excluding hydrogens is 286 g/mol. The number of rotatable bonds is 8. The van der Waals surface area contributed by atoms with Gasteiger partial charge >= 0.3 is 5.97 Å². The summed E-state index contributed by atoms with van der Waals surface area (Å²) in [5.74, 6) is -1.49. The molecule has 1 rings (SSSR count). The minimum atomic E-state index is -1.00. The smallest absolute Gasteiger partial charge is 0.331 e. The SMILES string of the molecule is CCC(CC)O[C@@H]1C=C(C(=O)O)C[C@H](CC=O)[C@H]1NC(C)=O. The zero-order chi connectivity index (χ0) is 16.7. The quantitative estimate of drug-likeness (QED) is 0.665. The Morgan fingerprint density at radius 3 is 2.55 bits per heavy atom. The third-order valence-corrected chi connectivity index (χ3v) is 4.01. The second kappa shape index (κ2) is 8.68. The third kappa shape index (κ3) is 4.94. The Bertz CT molecular complexity index is 442. The van der Waals surface area contributed by atoms with Crippen molar-refractivity contribution < 1.29 is 24.2 Å². The fraction of sp³-hybridized carbons (Fsp3) is 0.688. The average Bonchev–Trinajstić information content (AvgIpc) is 2.46. The monoisotopic (exact) mass is 311 g/mol. The maximum atomic E-state index is 11.5. The van der Waals surface area contributed by atoms with Gasteiger partial charge in [0.25, 0.3) is 0 Å². The maximum absolute atomic E-state index is 11.5. The Kier molecular flexibility index (Phi) is 7.24. The van der Waals surface area contributed by atoms with Gasteiger partial charge in [-0.05, 0) is 31.3 Å². The largest absolute Gasteiger partial charge is 0.478 e. The van der Waals surface area contributed by atoms with Crippen molar-refractivity contribution in [2.75, 3.05) is 0 Å². The minimum Gasteiger partial charge on any atom is -0.478 e. The molecule has 0 aromatic heterocycles. The van der Waals surface area contributed by atoms with Crippen LogP contribution in [0.15, 0.2) is 11.6 Å². The van der Waals surface area contributed by atoms with Crippen molar-refractivity contribution in [3.63, 3.8) is 0 Å². The van der Waals surface area contributed by atoms with Gasteiger partial charge in [-0.1, -0.05) is 13.8 Å². The molecule has 1 aliphatic rings. The molecule has 0 aromatic rings. The van der Waals surface area contributed by atoms with E-state index in [2.05, 4.69) is 5.32 Å². The highest BCUT2D eigenvalue weighted by molar-refractivity contribution is 5.87. The summed E-state index contributed by atoms with van der Waals surface area (Å²) in [6.07, 6.45) is 3.84. The van der Waals surface area contributed by atoms with Gasteiger partial charge in [0, 0.05) is 18.9 Å². The number of nitrogens with one attached hydrogen (secondary N) is 1. The van der Waals surface area contributed by atoms with Crippen molar-refractivity contribution in [3.05, 3.63) is 11.6 Å². The number of aldehydes is 1. The zero-order valence-corrected chi connectivity index (χ0v) is 13.4. The summed E-state index contributed by atoms with van der Waals surface area (Å²) in [5.41, 5.74) is 0.240. The Balaban J connectivity index is 3.08. The molecule has 6 nitrogen and oxygen atoms in total. The number of carbonyl (C=O) groups is 3. The van der Waals surface area contributed by atoms with Crippen molar-refractivity contribution in [2.45, 2.75) is 64.7 Å². The first-order valence-corrected chi connectivity index (χ1v) is 7.73. The first kappa shape index (κ1) is 18.4. The van der Waals surface area contributed by atoms with Crippen molar-refractivity contribution in [1.29, 1.82) is 0 Å². The van der Waals surface area contributed by atoms with Gasteiger partial charge < -0.3 is 20.0 Å². The van der Waals surface area contributed by atoms with Crippen LogP contribution in [0.25, 0.3) is 0 Å². The van der Waals surface area contributed by atoms with Crippen LogP contribution in [0.2, 0.25) is 0 Å². The molecule has 124 valence electrons. The van der Waals surface area contributed by atoms with Gasteiger partial charge in [0.15, 0.2) is 0 Å². The molecule has 22 heavy (non-hydrogen) atoms. The number of carboxylic acid groups (broad SMARTS) is 1. The van der Waals surface area contributed by atoms with Crippen molar-refractivity contribution >= 4 is 18.2 Å². The number of amides is 1. The normalized spacial score (nSPS) is 24.7. The third-order valence-electron chi connectivity index (χ3n) is 4.01. The number of aliphatic carboxylic acids is 1. The van der Waals surface area contributed by atoms with Crippen molar-refractivity contribution in [1.82, 2.24) is 5.32 Å². The number of hydrogen-bond donors (Lipinski definition) is 2. The van der Waals surface area contributed by atoms with E-state index in [1.165, 1.54) is 6.92 Å². The van der Waals surface area contributed by atoms with E-state index in [9.17, 15) is 19.5 Å². The predicted molar refractivity (Wildman–Crippen MR) is 81.4 cm³/mol. The van der Waals surface area contributed by atoms with Crippen molar-refractivity contribution in [3.8, 4) is 0 Å². The van der Waals surface area contributed by atoms with Gasteiger partial charge in [0.2, 0.25) is 5.91 Å². The molecular formula is C16H25NO5. The second-order valence-corrected chi connectivity index (χ2v) is 5.63. The first-order valence-electron chi connectivity index (χ1n) is 7.73. The Morgan fingerprint density at radius 1 is 1.45 bits per heavy atom. The Labute approximate surface area is 130 Å². The first-order chi connectivity index (χ1) is 10.4. The molecule has 0 bridgehead atoms. The lowest BCUT2D eigenvalue weighted by Crippen LogP contribution is -2.51. The van der Waals surface area contributed by atoms with Gasteiger partial charge in [-0.3, -0.25) is 4.79 Å². The van der Waals surface area contributed by atoms with Gasteiger partial charge in [0.1, 0.15) is 6.29 Å². The molecule has 3 atom stereocenters. The van der Waals surface area contributed by atoms with Crippen LogP contribution >= 0.6 is 0 Å². The standard InChI is InChI=1S/C16H25NO5/c1-4-13(5-2)22-14-9-12(16(20)21)8-11(6-7-18)15(14)17-10(3)19/h7,9,11,13-15H,4-6,8H2,1-3H3,(H,17,19)(H,20,21)/t11-,14+,15+/m0/s1. The van der Waals surface area contributed by atoms with Crippen LogP contribution in [0, 0.1) is 5.92 Å². The van der Waals surface area contributed by atoms with E-state index in [0.29, 0.717) is 0 Å². The summed E-state index contributed by atoms with van der Waals surface area (Å²) in [6.45, 7) is 5.40. The summed E-state index contributed by atoms with van der Waals surface area (Å²) < 4.78 is 5.99. The fourth-order valence-corrected chi connectivity index (χ4v) is 2.82. The molecule has 0 spiro atoms. The molecule has 6 heteroatoms. The van der Waals surface area contributed by atoms with Crippen LogP contribution in [0.3, 0.4) is 0 Å². The lowest BCUT2D eigenvalue weighted by molar-refractivity contribution is -0.133. The summed E-state index contributed by atoms with van der Waals surface area (Å²) in [7, 11) is 0. The molecule has 0 heterocycles. The highest BCUT2D eigenvalue weighted by Crippen LogP contribution is 2.30. The van der Waals surface area contributed by atoms with Gasteiger partial charge in [0.05, 0.1) is 18.2 Å². The highest BCUT2D eigenvalue weighted by atomic mass is 16.5. The van der Waals surface area contributed by atoms with Crippen molar-refractivity contribution in [2.24, 2.45) is 5.92 Å². The van der Waals surface area contributed by atoms with E-state index < -0.39 is 12.1 Å². The molecule has 2 N–H and O–H groups in total. The Hall–Kier alpha value is -1.69. The molecule has 1 aliphatic carbocycles. The molecule has 0 unspecified atom stereocenters.